The number of phenolic OH excluding ortho intramolecular Hbond substituents is 1. The second-order valence-corrected chi connectivity index (χ2v) is 5.16. The molecule has 0 bridgehead atoms. The van der Waals surface area contributed by atoms with Gasteiger partial charge >= 0.3 is 114 Å². The summed E-state index contributed by atoms with van der Waals surface area (Å²) in [5, 5.41) is 20.7. The van der Waals surface area contributed by atoms with Gasteiger partial charge in [0.1, 0.15) is 0 Å². The Hall–Kier alpha value is -1.16. The molecule has 1 rings (SSSR count). The molecule has 17 heavy (non-hydrogen) atoms. The predicted octanol–water partition coefficient (Wildman–Crippen LogP) is -0.301. The normalized spacial score (nSPS) is 11.9. The van der Waals surface area contributed by atoms with Crippen LogP contribution >= 0.6 is 0 Å². The van der Waals surface area contributed by atoms with E-state index in [1.165, 1.54) is 37.7 Å². The fourth-order valence-electron chi connectivity index (χ4n) is 1.36. The van der Waals surface area contributed by atoms with Crippen LogP contribution in [-0.2, 0) is 16.0 Å². The van der Waals surface area contributed by atoms with Gasteiger partial charge in [-0.25, -0.2) is 0 Å². The Kier molecular flexibility index (Phi) is 4.88. The van der Waals surface area contributed by atoms with E-state index in [2.05, 4.69) is 5.32 Å². The Bertz CT molecular complexity index is 447. The number of hydrogen-bond acceptors (Lipinski definition) is 3. The van der Waals surface area contributed by atoms with Gasteiger partial charge in [0.05, 0.1) is 0 Å². The Morgan fingerprint density at radius 2 is 2.12 bits per heavy atom. The molecule has 0 aliphatic rings. The van der Waals surface area contributed by atoms with E-state index in [1.807, 2.05) is 0 Å². The third kappa shape index (κ3) is 4.31. The van der Waals surface area contributed by atoms with Gasteiger partial charge in [0.25, 0.3) is 0 Å². The van der Waals surface area contributed by atoms with Gasteiger partial charge in [0.2, 0.25) is 0 Å². The van der Waals surface area contributed by atoms with Crippen LogP contribution in [0.15, 0.2) is 18.2 Å². The van der Waals surface area contributed by atoms with Gasteiger partial charge in [0, 0.05) is 0 Å². The van der Waals surface area contributed by atoms with Crippen molar-refractivity contribution in [2.24, 2.45) is 0 Å². The van der Waals surface area contributed by atoms with Crippen molar-refractivity contribution in [2.45, 2.75) is 19.4 Å². The number of aromatic hydroxyl groups is 1. The molecule has 1 atom stereocenters. The third-order valence-electron chi connectivity index (χ3n) is 2.13. The molecular weight excluding hydrogens is 420 g/mol. The number of carboxylic acid groups (broad SMARTS) is 1. The Balaban J connectivity index is 2.82. The third-order valence-corrected chi connectivity index (χ3v) is 3.30. The minimum absolute atomic E-state index is 0.191. The first-order valence-electron chi connectivity index (χ1n) is 4.87. The molecule has 0 radical (unpaired) electrons. The topological polar surface area (TPSA) is 86.6 Å². The Labute approximate surface area is 114 Å². The number of amides is 1. The van der Waals surface area contributed by atoms with E-state index in [1.54, 1.807) is 12.1 Å². The van der Waals surface area contributed by atoms with Gasteiger partial charge < -0.3 is 0 Å². The molecule has 0 saturated carbocycles. The maximum atomic E-state index is 10.9. The molecule has 5 nitrogen and oxygen atoms in total. The predicted molar refractivity (Wildman–Crippen MR) is 56.7 cm³/mol. The zero-order chi connectivity index (χ0) is 13.0. The summed E-state index contributed by atoms with van der Waals surface area (Å²) >= 11 is 1.31. The summed E-state index contributed by atoms with van der Waals surface area (Å²) in [6.07, 6.45) is 0.199. The van der Waals surface area contributed by atoms with Crippen LogP contribution < -0.4 is 8.59 Å². The molecule has 0 aliphatic heterocycles. The summed E-state index contributed by atoms with van der Waals surface area (Å²) in [6, 6.07) is 3.96. The maximum absolute atomic E-state index is 10.9. The average Bonchev–Trinajstić information content (AvgIpc) is 2.21. The number of carbonyl (C=O) groups excluding carboxylic acids is 1. The van der Waals surface area contributed by atoms with Crippen molar-refractivity contribution >= 4 is 15.1 Å². The summed E-state index contributed by atoms with van der Waals surface area (Å²) in [7, 11) is 0. The Morgan fingerprint density at radius 3 is 2.59 bits per heavy atom. The monoisotopic (exact) mass is 432 g/mol. The fourth-order valence-corrected chi connectivity index (χ4v) is 2.15. The summed E-state index contributed by atoms with van der Waals surface area (Å²) in [6.45, 7) is 1.28. The van der Waals surface area contributed by atoms with Crippen molar-refractivity contribution in [3.05, 3.63) is 23.8 Å². The molecule has 0 saturated heterocycles. The van der Waals surface area contributed by atoms with E-state index in [0.29, 0.717) is 0 Å². The van der Waals surface area contributed by atoms with Crippen molar-refractivity contribution in [1.29, 1.82) is 0 Å². The second-order valence-electron chi connectivity index (χ2n) is 3.58. The van der Waals surface area contributed by atoms with Crippen molar-refractivity contribution in [1.82, 2.24) is 5.32 Å². The molecule has 0 heterocycles. The van der Waals surface area contributed by atoms with E-state index in [9.17, 15) is 14.7 Å². The molecule has 0 spiro atoms. The molecule has 1 aromatic carbocycles. The van der Waals surface area contributed by atoms with Gasteiger partial charge in [-0.3, -0.25) is 0 Å². The number of carbonyl (C=O) groups is 2. The first kappa shape index (κ1) is 13.9. The summed E-state index contributed by atoms with van der Waals surface area (Å²) < 4.78 is 0.731. The number of rotatable bonds is 4. The first-order chi connectivity index (χ1) is 7.90. The Morgan fingerprint density at radius 1 is 1.47 bits per heavy atom. The zero-order valence-corrected chi connectivity index (χ0v) is 12.0. The number of phenols is 1. The minimum atomic E-state index is -1.07. The van der Waals surface area contributed by atoms with Crippen LogP contribution in [0.25, 0.3) is 0 Å². The molecule has 1 aromatic rings. The number of aliphatic carboxylic acids is 1. The van der Waals surface area contributed by atoms with Crippen LogP contribution in [0, 0.1) is 24.7 Å². The van der Waals surface area contributed by atoms with E-state index in [-0.39, 0.29) is 18.1 Å². The zero-order valence-electron chi connectivity index (χ0n) is 9.11. The molecular formula is C11H12AtNO4. The van der Waals surface area contributed by atoms with Crippen molar-refractivity contribution in [3.8, 4) is 5.75 Å². The SMILES string of the molecule is CC(=O)NC(Cc1ccc(O)c([At])c1)C(=O)O. The van der Waals surface area contributed by atoms with Crippen LogP contribution in [-0.4, -0.2) is 28.1 Å². The van der Waals surface area contributed by atoms with Crippen molar-refractivity contribution in [3.63, 3.8) is 0 Å². The first-order valence-corrected chi connectivity index (χ1v) is 6.34. The number of nitrogens with one attached hydrogen (secondary N) is 1. The molecule has 0 aliphatic carbocycles. The van der Waals surface area contributed by atoms with Crippen molar-refractivity contribution < 1.29 is 44.5 Å². The van der Waals surface area contributed by atoms with E-state index < -0.39 is 12.0 Å². The van der Waals surface area contributed by atoms with E-state index >= 15 is 0 Å². The summed E-state index contributed by atoms with van der Waals surface area (Å²) in [4.78, 5) is 21.8. The fraction of sp³-hybridized carbons (Fsp3) is 0.273. The van der Waals surface area contributed by atoms with Crippen LogP contribution in [0.5, 0.6) is 5.75 Å². The van der Waals surface area contributed by atoms with Crippen LogP contribution in [0.1, 0.15) is 12.5 Å². The van der Waals surface area contributed by atoms with E-state index in [4.69, 9.17) is 5.11 Å². The molecule has 0 aromatic heterocycles. The standard InChI is InChI=1S/C11H12AtNO4/c1-6(14)13-9(11(16)17)5-7-2-3-10(15)8(12)4-7/h2-4,9,15H,5H2,1H3,(H,13,14)(H,16,17). The molecule has 1 unspecified atom stereocenters. The molecule has 3 N–H and O–H groups in total. The van der Waals surface area contributed by atoms with Gasteiger partial charge in [-0.2, -0.15) is 0 Å². The van der Waals surface area contributed by atoms with Gasteiger partial charge in [-0.1, -0.05) is 0 Å². The molecule has 1 amide bonds. The van der Waals surface area contributed by atoms with Gasteiger partial charge in [0.15, 0.2) is 0 Å². The van der Waals surface area contributed by atoms with Gasteiger partial charge in [-0.15, -0.1) is 0 Å². The number of carboxylic acids is 1. The number of benzene rings is 1. The summed E-state index contributed by atoms with van der Waals surface area (Å²) in [5.74, 6) is -1.26. The molecule has 92 valence electrons. The average molecular weight is 432 g/mol. The van der Waals surface area contributed by atoms with E-state index in [0.717, 1.165) is 8.83 Å². The van der Waals surface area contributed by atoms with Crippen molar-refractivity contribution in [2.75, 3.05) is 0 Å². The van der Waals surface area contributed by atoms with Gasteiger partial charge in [-0.05, 0) is 0 Å². The quantitative estimate of drug-likeness (QED) is 0.610. The summed E-state index contributed by atoms with van der Waals surface area (Å²) in [5.41, 5.74) is 0.765. The second kappa shape index (κ2) is 5.96. The number of hydrogen-bond donors (Lipinski definition) is 3. The molecule has 0 fully saturated rings. The van der Waals surface area contributed by atoms with Crippen LogP contribution in [0.4, 0.5) is 0 Å². The molecule has 6 heteroatoms. The van der Waals surface area contributed by atoms with Crippen LogP contribution in [0.3, 0.4) is 0 Å². The van der Waals surface area contributed by atoms with Crippen LogP contribution in [0.2, 0.25) is 0 Å².